The highest BCUT2D eigenvalue weighted by molar-refractivity contribution is 5.77. The lowest BCUT2D eigenvalue weighted by Gasteiger charge is -2.08. The molecule has 0 amide bonds. The van der Waals surface area contributed by atoms with Crippen LogP contribution in [0.3, 0.4) is 0 Å². The second kappa shape index (κ2) is 10.2. The van der Waals surface area contributed by atoms with Gasteiger partial charge in [-0.3, -0.25) is 0 Å². The third-order valence-corrected chi connectivity index (χ3v) is 4.56. The van der Waals surface area contributed by atoms with Crippen LogP contribution in [0.2, 0.25) is 0 Å². The Morgan fingerprint density at radius 1 is 1.07 bits per heavy atom. The van der Waals surface area contributed by atoms with E-state index in [4.69, 9.17) is 10.5 Å². The minimum Gasteiger partial charge on any atom is -0.497 e. The molecule has 1 heterocycles. The Kier molecular flexibility index (Phi) is 7.07. The molecule has 2 aromatic carbocycles. The number of aromatic nitrogens is 2. The Hall–Kier alpha value is -3.28. The van der Waals surface area contributed by atoms with E-state index in [-0.39, 0.29) is 0 Å². The highest BCUT2D eigenvalue weighted by atomic mass is 16.5. The van der Waals surface area contributed by atoms with E-state index >= 15 is 0 Å². The lowest BCUT2D eigenvalue weighted by Crippen LogP contribution is -2.33. The number of hydrogen-bond donors (Lipinski definition) is 2. The molecule has 3 rings (SSSR count). The lowest BCUT2D eigenvalue weighted by molar-refractivity contribution is 0.414. The van der Waals surface area contributed by atoms with E-state index in [1.165, 1.54) is 11.1 Å². The van der Waals surface area contributed by atoms with Crippen molar-refractivity contribution in [1.82, 2.24) is 14.9 Å². The van der Waals surface area contributed by atoms with Gasteiger partial charge in [0.15, 0.2) is 5.96 Å². The molecule has 0 aliphatic rings. The van der Waals surface area contributed by atoms with Crippen molar-refractivity contribution in [3.05, 3.63) is 83.9 Å². The number of imidazole rings is 1. The third-order valence-electron chi connectivity index (χ3n) is 4.56. The first-order valence-electron chi connectivity index (χ1n) is 9.45. The summed E-state index contributed by atoms with van der Waals surface area (Å²) < 4.78 is 7.29. The minimum absolute atomic E-state index is 0.436. The fourth-order valence-electron chi connectivity index (χ4n) is 2.93. The maximum absolute atomic E-state index is 6.00. The predicted octanol–water partition coefficient (Wildman–Crippen LogP) is 2.78. The van der Waals surface area contributed by atoms with E-state index < -0.39 is 0 Å². The van der Waals surface area contributed by atoms with Crippen molar-refractivity contribution in [3.8, 4) is 5.75 Å². The molecule has 3 N–H and O–H groups in total. The number of ether oxygens (including phenoxy) is 1. The van der Waals surface area contributed by atoms with Gasteiger partial charge in [0.2, 0.25) is 0 Å². The Labute approximate surface area is 166 Å². The Bertz CT molecular complexity index is 871. The molecule has 0 radical (unpaired) electrons. The second-order valence-electron chi connectivity index (χ2n) is 6.50. The number of nitrogens with one attached hydrogen (secondary N) is 1. The zero-order valence-corrected chi connectivity index (χ0v) is 16.2. The number of guanidine groups is 1. The topological polar surface area (TPSA) is 77.5 Å². The monoisotopic (exact) mass is 377 g/mol. The van der Waals surface area contributed by atoms with E-state index in [1.54, 1.807) is 7.11 Å². The molecule has 0 bridgehead atoms. The lowest BCUT2D eigenvalue weighted by atomic mass is 10.1. The average Bonchev–Trinajstić information content (AvgIpc) is 3.19. The molecule has 6 nitrogen and oxygen atoms in total. The molecule has 0 aliphatic carbocycles. The van der Waals surface area contributed by atoms with Gasteiger partial charge in [0.05, 0.1) is 7.11 Å². The summed E-state index contributed by atoms with van der Waals surface area (Å²) in [6, 6.07) is 18.5. The first kappa shape index (κ1) is 19.5. The maximum atomic E-state index is 6.00. The third kappa shape index (κ3) is 5.87. The summed E-state index contributed by atoms with van der Waals surface area (Å²) in [5, 5.41) is 3.16. The van der Waals surface area contributed by atoms with Crippen LogP contribution in [0.1, 0.15) is 17.0 Å². The SMILES string of the molecule is COc1ccc(CCNC(N)=NCc2nccn2CCc2ccccc2)cc1. The molecule has 0 saturated carbocycles. The molecular weight excluding hydrogens is 350 g/mol. The Morgan fingerprint density at radius 2 is 1.82 bits per heavy atom. The molecule has 1 aromatic heterocycles. The number of aliphatic imine (C=N–C) groups is 1. The van der Waals surface area contributed by atoms with Gasteiger partial charge in [0, 0.05) is 25.5 Å². The van der Waals surface area contributed by atoms with E-state index in [0.29, 0.717) is 12.5 Å². The summed E-state index contributed by atoms with van der Waals surface area (Å²) >= 11 is 0. The number of nitrogens with zero attached hydrogens (tertiary/aromatic N) is 3. The van der Waals surface area contributed by atoms with Gasteiger partial charge >= 0.3 is 0 Å². The van der Waals surface area contributed by atoms with Crippen molar-refractivity contribution in [2.24, 2.45) is 10.7 Å². The quantitative estimate of drug-likeness (QED) is 0.444. The number of hydrogen-bond acceptors (Lipinski definition) is 3. The van der Waals surface area contributed by atoms with Crippen LogP contribution >= 0.6 is 0 Å². The van der Waals surface area contributed by atoms with Crippen molar-refractivity contribution in [1.29, 1.82) is 0 Å². The van der Waals surface area contributed by atoms with Crippen LogP contribution in [-0.4, -0.2) is 29.2 Å². The zero-order valence-electron chi connectivity index (χ0n) is 16.2. The van der Waals surface area contributed by atoms with Gasteiger partial charge < -0.3 is 20.4 Å². The Balaban J connectivity index is 1.44. The van der Waals surface area contributed by atoms with Gasteiger partial charge in [-0.15, -0.1) is 0 Å². The summed E-state index contributed by atoms with van der Waals surface area (Å²) in [6.07, 6.45) is 5.62. The maximum Gasteiger partial charge on any atom is 0.189 e. The predicted molar refractivity (Wildman–Crippen MR) is 112 cm³/mol. The van der Waals surface area contributed by atoms with Crippen LogP contribution < -0.4 is 15.8 Å². The van der Waals surface area contributed by atoms with Crippen LogP contribution in [0, 0.1) is 0 Å². The van der Waals surface area contributed by atoms with Crippen molar-refractivity contribution in [2.75, 3.05) is 13.7 Å². The highest BCUT2D eigenvalue weighted by Crippen LogP contribution is 2.11. The van der Waals surface area contributed by atoms with E-state index in [1.807, 2.05) is 30.6 Å². The van der Waals surface area contributed by atoms with Crippen molar-refractivity contribution in [2.45, 2.75) is 25.9 Å². The molecule has 146 valence electrons. The minimum atomic E-state index is 0.436. The summed E-state index contributed by atoms with van der Waals surface area (Å²) in [5.74, 6) is 2.21. The molecule has 6 heteroatoms. The average molecular weight is 377 g/mol. The van der Waals surface area contributed by atoms with E-state index in [0.717, 1.165) is 37.5 Å². The number of rotatable bonds is 9. The van der Waals surface area contributed by atoms with E-state index in [9.17, 15) is 0 Å². The first-order valence-corrected chi connectivity index (χ1v) is 9.45. The van der Waals surface area contributed by atoms with Gasteiger partial charge in [0.1, 0.15) is 18.1 Å². The van der Waals surface area contributed by atoms with Crippen molar-refractivity contribution < 1.29 is 4.74 Å². The van der Waals surface area contributed by atoms with Crippen LogP contribution in [0.15, 0.2) is 72.0 Å². The fraction of sp³-hybridized carbons (Fsp3) is 0.273. The van der Waals surface area contributed by atoms with Gasteiger partial charge in [-0.25, -0.2) is 9.98 Å². The summed E-state index contributed by atoms with van der Waals surface area (Å²) in [7, 11) is 1.67. The van der Waals surface area contributed by atoms with Gasteiger partial charge in [-0.2, -0.15) is 0 Å². The van der Waals surface area contributed by atoms with Crippen molar-refractivity contribution >= 4 is 5.96 Å². The number of aryl methyl sites for hydroxylation is 2. The number of methoxy groups -OCH3 is 1. The molecule has 0 saturated heterocycles. The standard InChI is InChI=1S/C22H27N5O/c1-28-20-9-7-19(8-10-20)11-13-25-22(23)26-17-21-24-14-16-27(21)15-12-18-5-3-2-4-6-18/h2-10,14,16H,11-13,15,17H2,1H3,(H3,23,25,26). The van der Waals surface area contributed by atoms with Crippen LogP contribution in [-0.2, 0) is 25.9 Å². The van der Waals surface area contributed by atoms with Crippen LogP contribution in [0.5, 0.6) is 5.75 Å². The largest absolute Gasteiger partial charge is 0.497 e. The number of benzene rings is 2. The van der Waals surface area contributed by atoms with E-state index in [2.05, 4.69) is 56.3 Å². The second-order valence-corrected chi connectivity index (χ2v) is 6.50. The summed E-state index contributed by atoms with van der Waals surface area (Å²) in [4.78, 5) is 8.83. The summed E-state index contributed by atoms with van der Waals surface area (Å²) in [5.41, 5.74) is 8.53. The molecule has 0 aliphatic heterocycles. The molecule has 3 aromatic rings. The molecule has 0 spiro atoms. The molecule has 0 unspecified atom stereocenters. The fourth-order valence-corrected chi connectivity index (χ4v) is 2.93. The molecule has 28 heavy (non-hydrogen) atoms. The molecule has 0 atom stereocenters. The zero-order chi connectivity index (χ0) is 19.6. The van der Waals surface area contributed by atoms with Gasteiger partial charge in [0.25, 0.3) is 0 Å². The van der Waals surface area contributed by atoms with Crippen LogP contribution in [0.25, 0.3) is 0 Å². The van der Waals surface area contributed by atoms with Crippen LogP contribution in [0.4, 0.5) is 0 Å². The summed E-state index contributed by atoms with van der Waals surface area (Å²) in [6.45, 7) is 2.06. The highest BCUT2D eigenvalue weighted by Gasteiger charge is 2.03. The first-order chi connectivity index (χ1) is 13.7. The Morgan fingerprint density at radius 3 is 2.57 bits per heavy atom. The normalized spacial score (nSPS) is 11.4. The molecule has 0 fully saturated rings. The van der Waals surface area contributed by atoms with Gasteiger partial charge in [-0.1, -0.05) is 42.5 Å². The molecular formula is C22H27N5O. The van der Waals surface area contributed by atoms with Gasteiger partial charge in [-0.05, 0) is 36.1 Å². The van der Waals surface area contributed by atoms with Crippen molar-refractivity contribution in [3.63, 3.8) is 0 Å². The smallest absolute Gasteiger partial charge is 0.189 e. The number of nitrogens with two attached hydrogens (primary N) is 1.